The van der Waals surface area contributed by atoms with Gasteiger partial charge in [0.05, 0.1) is 17.3 Å². The van der Waals surface area contributed by atoms with E-state index in [0.717, 1.165) is 56.3 Å². The summed E-state index contributed by atoms with van der Waals surface area (Å²) in [4.78, 5) is 24.7. The summed E-state index contributed by atoms with van der Waals surface area (Å²) < 4.78 is 44.0. The molecule has 0 spiro atoms. The van der Waals surface area contributed by atoms with Crippen molar-refractivity contribution < 1.29 is 23.0 Å². The van der Waals surface area contributed by atoms with E-state index in [4.69, 9.17) is 14.5 Å². The maximum atomic E-state index is 15.6. The lowest BCUT2D eigenvalue weighted by atomic mass is 9.88. The molecule has 0 radical (unpaired) electrons. The second-order valence-electron chi connectivity index (χ2n) is 11.5. The van der Waals surface area contributed by atoms with Crippen molar-refractivity contribution >= 4 is 28.0 Å². The number of imidazole rings is 1. The Balaban J connectivity index is 1.26. The fourth-order valence-electron chi connectivity index (χ4n) is 6.37. The average Bonchev–Trinajstić information content (AvgIpc) is 3.61. The fraction of sp³-hybridized carbons (Fsp3) is 0.500. The standard InChI is InChI=1S/C30H33F2N5O3/c1-17(31)40-26-8-7-19-14-24(37(28(19)34-26)15-18-5-6-18)29-33-23-13-21(12-22(32)27(23)35(29)2)30(38)36-10-9-25-20(16-36)4-3-11-39-25/h7-8,12-14,17-18,20,25H,3-6,9-11,15-16H2,1-2H3/t17?,20-,25+/m1/s1. The minimum absolute atomic E-state index is 0.168. The van der Waals surface area contributed by atoms with E-state index in [9.17, 15) is 9.18 Å². The summed E-state index contributed by atoms with van der Waals surface area (Å²) in [6.45, 7) is 4.09. The van der Waals surface area contributed by atoms with Crippen LogP contribution in [0.5, 0.6) is 5.88 Å². The van der Waals surface area contributed by atoms with Gasteiger partial charge in [-0.15, -0.1) is 0 Å². The summed E-state index contributed by atoms with van der Waals surface area (Å²) in [6, 6.07) is 8.53. The SMILES string of the molecule is CC(F)Oc1ccc2cc(-c3nc4cc(C(=O)N5CC[C@@H]6OCCC[C@@H]6C5)cc(F)c4n3C)n(CC3CC3)c2n1. The van der Waals surface area contributed by atoms with Crippen molar-refractivity contribution in [1.82, 2.24) is 24.0 Å². The highest BCUT2D eigenvalue weighted by atomic mass is 19.1. The van der Waals surface area contributed by atoms with Crippen molar-refractivity contribution in [3.63, 3.8) is 0 Å². The first-order valence-electron chi connectivity index (χ1n) is 14.2. The molecule has 1 unspecified atom stereocenters. The van der Waals surface area contributed by atoms with Crippen molar-refractivity contribution in [3.8, 4) is 17.4 Å². The highest BCUT2D eigenvalue weighted by molar-refractivity contribution is 5.98. The van der Waals surface area contributed by atoms with Gasteiger partial charge in [0.15, 0.2) is 5.82 Å². The molecule has 210 valence electrons. The van der Waals surface area contributed by atoms with E-state index in [0.29, 0.717) is 53.0 Å². The van der Waals surface area contributed by atoms with Crippen LogP contribution in [0.2, 0.25) is 0 Å². The number of aryl methyl sites for hydroxylation is 1. The van der Waals surface area contributed by atoms with Crippen molar-refractivity contribution in [2.24, 2.45) is 18.9 Å². The highest BCUT2D eigenvalue weighted by Gasteiger charge is 2.34. The Morgan fingerprint density at radius 2 is 2.02 bits per heavy atom. The molecule has 0 bridgehead atoms. The Morgan fingerprint density at radius 1 is 1.18 bits per heavy atom. The molecule has 3 aromatic heterocycles. The largest absolute Gasteiger partial charge is 0.444 e. The normalized spacial score (nSPS) is 22.1. The molecule has 3 atom stereocenters. The summed E-state index contributed by atoms with van der Waals surface area (Å²) in [7, 11) is 1.79. The molecule has 1 aromatic carbocycles. The van der Waals surface area contributed by atoms with Crippen LogP contribution in [0.1, 0.15) is 49.4 Å². The molecule has 4 aromatic rings. The van der Waals surface area contributed by atoms with Crippen LogP contribution in [-0.4, -0.2) is 62.1 Å². The molecular weight excluding hydrogens is 516 g/mol. The third-order valence-electron chi connectivity index (χ3n) is 8.54. The van der Waals surface area contributed by atoms with Gasteiger partial charge in [0, 0.05) is 63.1 Å². The number of nitrogens with zero attached hydrogens (tertiary/aromatic N) is 5. The number of benzene rings is 1. The summed E-state index contributed by atoms with van der Waals surface area (Å²) >= 11 is 0. The number of carbonyl (C=O) groups is 1. The maximum Gasteiger partial charge on any atom is 0.254 e. The fourth-order valence-corrected chi connectivity index (χ4v) is 6.37. The first kappa shape index (κ1) is 25.4. The summed E-state index contributed by atoms with van der Waals surface area (Å²) in [5.74, 6) is 1.01. The predicted molar refractivity (Wildman–Crippen MR) is 146 cm³/mol. The monoisotopic (exact) mass is 549 g/mol. The molecule has 40 heavy (non-hydrogen) atoms. The Labute approximate surface area is 230 Å². The van der Waals surface area contributed by atoms with E-state index in [1.54, 1.807) is 23.7 Å². The second kappa shape index (κ2) is 9.83. The average molecular weight is 550 g/mol. The number of aromatic nitrogens is 4. The van der Waals surface area contributed by atoms with Gasteiger partial charge in [0.25, 0.3) is 5.91 Å². The first-order chi connectivity index (χ1) is 19.4. The van der Waals surface area contributed by atoms with Crippen LogP contribution in [0, 0.1) is 17.7 Å². The van der Waals surface area contributed by atoms with Crippen LogP contribution >= 0.6 is 0 Å². The molecule has 7 rings (SSSR count). The minimum atomic E-state index is -1.47. The van der Waals surface area contributed by atoms with Crippen LogP contribution < -0.4 is 4.74 Å². The van der Waals surface area contributed by atoms with E-state index in [-0.39, 0.29) is 17.9 Å². The van der Waals surface area contributed by atoms with E-state index in [2.05, 4.69) is 9.55 Å². The van der Waals surface area contributed by atoms with Crippen molar-refractivity contribution in [2.75, 3.05) is 19.7 Å². The van der Waals surface area contributed by atoms with Gasteiger partial charge in [-0.3, -0.25) is 4.79 Å². The quantitative estimate of drug-likeness (QED) is 0.319. The smallest absolute Gasteiger partial charge is 0.254 e. The lowest BCUT2D eigenvalue weighted by molar-refractivity contribution is -0.0607. The van der Waals surface area contributed by atoms with Gasteiger partial charge < -0.3 is 23.5 Å². The second-order valence-corrected chi connectivity index (χ2v) is 11.5. The molecule has 1 aliphatic carbocycles. The van der Waals surface area contributed by atoms with Crippen LogP contribution in [0.4, 0.5) is 8.78 Å². The number of likely N-dealkylation sites (tertiary alicyclic amines) is 1. The van der Waals surface area contributed by atoms with Gasteiger partial charge in [0.2, 0.25) is 12.2 Å². The van der Waals surface area contributed by atoms with Gasteiger partial charge in [-0.1, -0.05) is 0 Å². The molecule has 3 aliphatic rings. The molecular formula is C30H33F2N5O3. The zero-order chi connectivity index (χ0) is 27.5. The third-order valence-corrected chi connectivity index (χ3v) is 8.54. The number of pyridine rings is 1. The zero-order valence-corrected chi connectivity index (χ0v) is 22.8. The van der Waals surface area contributed by atoms with Crippen LogP contribution in [0.15, 0.2) is 30.3 Å². The van der Waals surface area contributed by atoms with E-state index in [1.165, 1.54) is 13.0 Å². The van der Waals surface area contributed by atoms with Gasteiger partial charge in [-0.2, -0.15) is 4.98 Å². The Kier molecular flexibility index (Phi) is 6.25. The molecule has 1 amide bonds. The number of amides is 1. The lowest BCUT2D eigenvalue weighted by Gasteiger charge is -2.41. The van der Waals surface area contributed by atoms with Gasteiger partial charge >= 0.3 is 0 Å². The van der Waals surface area contributed by atoms with Gasteiger partial charge in [0.1, 0.15) is 17.0 Å². The number of carbonyl (C=O) groups excluding carboxylic acids is 1. The molecule has 10 heteroatoms. The Bertz CT molecular complexity index is 1610. The molecule has 1 saturated carbocycles. The van der Waals surface area contributed by atoms with Crippen LogP contribution in [-0.2, 0) is 18.3 Å². The molecule has 5 heterocycles. The highest BCUT2D eigenvalue weighted by Crippen LogP contribution is 2.37. The molecule has 3 fully saturated rings. The number of halogens is 2. The van der Waals surface area contributed by atoms with Crippen LogP contribution in [0.25, 0.3) is 33.6 Å². The predicted octanol–water partition coefficient (Wildman–Crippen LogP) is 5.47. The number of ether oxygens (including phenoxy) is 2. The lowest BCUT2D eigenvalue weighted by Crippen LogP contribution is -2.48. The van der Waals surface area contributed by atoms with E-state index >= 15 is 4.39 Å². The topological polar surface area (TPSA) is 74.4 Å². The number of rotatable bonds is 6. The number of alkyl halides is 1. The number of hydrogen-bond acceptors (Lipinski definition) is 5. The Hall–Kier alpha value is -3.53. The molecule has 8 nitrogen and oxygen atoms in total. The Morgan fingerprint density at radius 3 is 2.83 bits per heavy atom. The van der Waals surface area contributed by atoms with Crippen molar-refractivity contribution in [1.29, 1.82) is 0 Å². The molecule has 2 aliphatic heterocycles. The van der Waals surface area contributed by atoms with E-state index < -0.39 is 12.2 Å². The van der Waals surface area contributed by atoms with Crippen molar-refractivity contribution in [3.05, 3.63) is 41.7 Å². The number of hydrogen-bond donors (Lipinski definition) is 0. The van der Waals surface area contributed by atoms with Gasteiger partial charge in [-0.05, 0) is 62.3 Å². The molecule has 0 N–H and O–H groups in total. The van der Waals surface area contributed by atoms with E-state index in [1.807, 2.05) is 17.0 Å². The number of fused-ring (bicyclic) bond motifs is 3. The zero-order valence-electron chi connectivity index (χ0n) is 22.8. The summed E-state index contributed by atoms with van der Waals surface area (Å²) in [6.07, 6.45) is 3.87. The summed E-state index contributed by atoms with van der Waals surface area (Å²) in [5.41, 5.74) is 2.57. The summed E-state index contributed by atoms with van der Waals surface area (Å²) in [5, 5.41) is 0.869. The number of piperidine rings is 1. The third kappa shape index (κ3) is 4.52. The van der Waals surface area contributed by atoms with Crippen LogP contribution in [0.3, 0.4) is 0 Å². The van der Waals surface area contributed by atoms with Crippen molar-refractivity contribution in [2.45, 2.75) is 58.0 Å². The molecule has 2 saturated heterocycles. The first-order valence-corrected chi connectivity index (χ1v) is 14.2. The van der Waals surface area contributed by atoms with Gasteiger partial charge in [-0.25, -0.2) is 13.8 Å². The maximum absolute atomic E-state index is 15.6. The minimum Gasteiger partial charge on any atom is -0.444 e.